The number of amides is 2. The molecular weight excluding hydrogens is 435 g/mol. The first kappa shape index (κ1) is 21.4. The molecule has 28 heavy (non-hydrogen) atoms. The minimum atomic E-state index is -0.853. The number of halogens is 2. The zero-order chi connectivity index (χ0) is 20.7. The van der Waals surface area contributed by atoms with Crippen LogP contribution in [0.5, 0.6) is 5.75 Å². The van der Waals surface area contributed by atoms with Crippen LogP contribution in [-0.4, -0.2) is 50.0 Å². The first-order chi connectivity index (χ1) is 13.3. The summed E-state index contributed by atoms with van der Waals surface area (Å²) < 4.78 is 23.6. The lowest BCUT2D eigenvalue weighted by Crippen LogP contribution is -2.37. The standard InChI is InChI=1S/C19H18BrFN2O5/c1-23(10-17(24)22-13-4-3-5-14(9-13)27-2)18(25)11-28-19(26)15-8-12(21)6-7-16(15)20/h3-9H,10-11H2,1-2H3,(H,22,24). The van der Waals surface area contributed by atoms with Crippen molar-refractivity contribution >= 4 is 39.4 Å². The predicted molar refractivity (Wildman–Crippen MR) is 104 cm³/mol. The molecule has 1 N–H and O–H groups in total. The number of nitrogens with one attached hydrogen (secondary N) is 1. The summed E-state index contributed by atoms with van der Waals surface area (Å²) in [7, 11) is 2.91. The molecule has 9 heteroatoms. The molecule has 0 aliphatic carbocycles. The largest absolute Gasteiger partial charge is 0.497 e. The third-order valence-corrected chi connectivity index (χ3v) is 4.33. The van der Waals surface area contributed by atoms with E-state index in [0.29, 0.717) is 15.9 Å². The van der Waals surface area contributed by atoms with Crippen molar-refractivity contribution in [1.82, 2.24) is 4.90 Å². The Bertz CT molecular complexity index is 890. The Morgan fingerprint density at radius 3 is 2.64 bits per heavy atom. The quantitative estimate of drug-likeness (QED) is 0.652. The second-order valence-corrected chi connectivity index (χ2v) is 6.58. The van der Waals surface area contributed by atoms with Crippen LogP contribution in [0.1, 0.15) is 10.4 Å². The molecule has 7 nitrogen and oxygen atoms in total. The Hall–Kier alpha value is -2.94. The van der Waals surface area contributed by atoms with E-state index in [9.17, 15) is 18.8 Å². The molecular formula is C19H18BrFN2O5. The summed E-state index contributed by atoms with van der Waals surface area (Å²) >= 11 is 3.12. The van der Waals surface area contributed by atoms with Gasteiger partial charge in [-0.15, -0.1) is 0 Å². The van der Waals surface area contributed by atoms with E-state index in [1.54, 1.807) is 24.3 Å². The summed E-state index contributed by atoms with van der Waals surface area (Å²) in [5.41, 5.74) is 0.485. The number of nitrogens with zero attached hydrogens (tertiary/aromatic N) is 1. The molecule has 2 aromatic carbocycles. The highest BCUT2D eigenvalue weighted by Crippen LogP contribution is 2.19. The van der Waals surface area contributed by atoms with E-state index < -0.39 is 30.2 Å². The lowest BCUT2D eigenvalue weighted by Gasteiger charge is -2.17. The zero-order valence-corrected chi connectivity index (χ0v) is 16.8. The monoisotopic (exact) mass is 452 g/mol. The maximum absolute atomic E-state index is 13.2. The highest BCUT2D eigenvalue weighted by molar-refractivity contribution is 9.10. The van der Waals surface area contributed by atoms with Crippen LogP contribution in [0.25, 0.3) is 0 Å². The lowest BCUT2D eigenvalue weighted by molar-refractivity contribution is -0.136. The van der Waals surface area contributed by atoms with Gasteiger partial charge in [0.15, 0.2) is 6.61 Å². The maximum Gasteiger partial charge on any atom is 0.339 e. The van der Waals surface area contributed by atoms with Crippen LogP contribution in [0.3, 0.4) is 0 Å². The number of carbonyl (C=O) groups is 3. The Morgan fingerprint density at radius 2 is 1.93 bits per heavy atom. The second-order valence-electron chi connectivity index (χ2n) is 5.73. The molecule has 2 aromatic rings. The normalized spacial score (nSPS) is 10.1. The van der Waals surface area contributed by atoms with Crippen molar-refractivity contribution in [2.45, 2.75) is 0 Å². The van der Waals surface area contributed by atoms with Crippen molar-refractivity contribution < 1.29 is 28.2 Å². The van der Waals surface area contributed by atoms with Crippen LogP contribution in [0.4, 0.5) is 10.1 Å². The van der Waals surface area contributed by atoms with Crippen LogP contribution in [0.2, 0.25) is 0 Å². The summed E-state index contributed by atoms with van der Waals surface area (Å²) in [5.74, 6) is -1.88. The summed E-state index contributed by atoms with van der Waals surface area (Å²) in [6.07, 6.45) is 0. The summed E-state index contributed by atoms with van der Waals surface area (Å²) in [6.45, 7) is -0.817. The molecule has 0 radical (unpaired) electrons. The fraction of sp³-hybridized carbons (Fsp3) is 0.211. The van der Waals surface area contributed by atoms with E-state index in [1.807, 2.05) is 0 Å². The minimum Gasteiger partial charge on any atom is -0.497 e. The SMILES string of the molecule is COc1cccc(NC(=O)CN(C)C(=O)COC(=O)c2cc(F)ccc2Br)c1. The number of ether oxygens (including phenoxy) is 2. The topological polar surface area (TPSA) is 84.9 Å². The summed E-state index contributed by atoms with van der Waals surface area (Å²) in [6, 6.07) is 10.3. The molecule has 0 fully saturated rings. The van der Waals surface area contributed by atoms with Gasteiger partial charge in [0.2, 0.25) is 5.91 Å². The highest BCUT2D eigenvalue weighted by Gasteiger charge is 2.18. The zero-order valence-electron chi connectivity index (χ0n) is 15.2. The third-order valence-electron chi connectivity index (χ3n) is 3.64. The number of rotatable bonds is 7. The number of hydrogen-bond donors (Lipinski definition) is 1. The molecule has 0 aliphatic rings. The first-order valence-electron chi connectivity index (χ1n) is 8.10. The van der Waals surface area contributed by atoms with Gasteiger partial charge in [0.25, 0.3) is 5.91 Å². The predicted octanol–water partition coefficient (Wildman–Crippen LogP) is 2.85. The molecule has 148 valence electrons. The Labute approximate surface area is 169 Å². The maximum atomic E-state index is 13.2. The molecule has 0 saturated heterocycles. The number of likely N-dealkylation sites (N-methyl/N-ethyl adjacent to an activating group) is 1. The van der Waals surface area contributed by atoms with Gasteiger partial charge in [-0.25, -0.2) is 9.18 Å². The Balaban J connectivity index is 1.85. The molecule has 0 aromatic heterocycles. The van der Waals surface area contributed by atoms with Crippen LogP contribution in [0.15, 0.2) is 46.9 Å². The highest BCUT2D eigenvalue weighted by atomic mass is 79.9. The van der Waals surface area contributed by atoms with E-state index in [-0.39, 0.29) is 12.1 Å². The number of methoxy groups -OCH3 is 1. The molecule has 0 bridgehead atoms. The molecule has 0 atom stereocenters. The minimum absolute atomic E-state index is 0.0359. The van der Waals surface area contributed by atoms with Crippen LogP contribution < -0.4 is 10.1 Å². The average Bonchev–Trinajstić information content (AvgIpc) is 2.67. The van der Waals surface area contributed by atoms with Crippen molar-refractivity contribution in [2.24, 2.45) is 0 Å². The fourth-order valence-corrected chi connectivity index (χ4v) is 2.58. The van der Waals surface area contributed by atoms with Crippen molar-refractivity contribution in [3.63, 3.8) is 0 Å². The lowest BCUT2D eigenvalue weighted by atomic mass is 10.2. The van der Waals surface area contributed by atoms with Gasteiger partial charge >= 0.3 is 5.97 Å². The Kier molecular flexibility index (Phi) is 7.51. The van der Waals surface area contributed by atoms with Crippen molar-refractivity contribution in [1.29, 1.82) is 0 Å². The second kappa shape index (κ2) is 9.84. The summed E-state index contributed by atoms with van der Waals surface area (Å²) in [4.78, 5) is 37.3. The number of esters is 1. The van der Waals surface area contributed by atoms with Gasteiger partial charge in [-0.2, -0.15) is 0 Å². The number of hydrogen-bond acceptors (Lipinski definition) is 5. The first-order valence-corrected chi connectivity index (χ1v) is 8.89. The van der Waals surface area contributed by atoms with E-state index in [1.165, 1.54) is 26.3 Å². The van der Waals surface area contributed by atoms with Gasteiger partial charge in [-0.1, -0.05) is 6.07 Å². The molecule has 0 aliphatic heterocycles. The van der Waals surface area contributed by atoms with Gasteiger partial charge in [0.1, 0.15) is 11.6 Å². The Morgan fingerprint density at radius 1 is 1.18 bits per heavy atom. The fourth-order valence-electron chi connectivity index (χ4n) is 2.17. The number of benzene rings is 2. The number of carbonyl (C=O) groups excluding carboxylic acids is 3. The average molecular weight is 453 g/mol. The van der Waals surface area contributed by atoms with E-state index in [4.69, 9.17) is 9.47 Å². The molecule has 0 unspecified atom stereocenters. The smallest absolute Gasteiger partial charge is 0.339 e. The molecule has 2 rings (SSSR count). The van der Waals surface area contributed by atoms with Gasteiger partial charge < -0.3 is 19.7 Å². The summed E-state index contributed by atoms with van der Waals surface area (Å²) in [5, 5.41) is 2.64. The van der Waals surface area contributed by atoms with Crippen LogP contribution in [0, 0.1) is 5.82 Å². The number of anilines is 1. The molecule has 0 saturated carbocycles. The van der Waals surface area contributed by atoms with Crippen LogP contribution in [-0.2, 0) is 14.3 Å². The van der Waals surface area contributed by atoms with Crippen molar-refractivity contribution in [3.05, 3.63) is 58.3 Å². The van der Waals surface area contributed by atoms with Crippen molar-refractivity contribution in [2.75, 3.05) is 32.6 Å². The van der Waals surface area contributed by atoms with Gasteiger partial charge in [0.05, 0.1) is 19.2 Å². The van der Waals surface area contributed by atoms with Crippen molar-refractivity contribution in [3.8, 4) is 5.75 Å². The van der Waals surface area contributed by atoms with Gasteiger partial charge in [0, 0.05) is 23.3 Å². The van der Waals surface area contributed by atoms with E-state index >= 15 is 0 Å². The van der Waals surface area contributed by atoms with Crippen LogP contribution >= 0.6 is 15.9 Å². The van der Waals surface area contributed by atoms with E-state index in [2.05, 4.69) is 21.2 Å². The molecule has 2 amide bonds. The van der Waals surface area contributed by atoms with E-state index in [0.717, 1.165) is 11.0 Å². The third kappa shape index (κ3) is 6.05. The van der Waals surface area contributed by atoms with Gasteiger partial charge in [-0.3, -0.25) is 9.59 Å². The molecule has 0 spiro atoms. The van der Waals surface area contributed by atoms with Gasteiger partial charge in [-0.05, 0) is 46.3 Å². The molecule has 0 heterocycles.